The summed E-state index contributed by atoms with van der Waals surface area (Å²) in [6, 6.07) is 8.97. The number of rotatable bonds is 2. The number of hydrogen-bond acceptors (Lipinski definition) is 5. The molecular formula is C22H22N2O5. The van der Waals surface area contributed by atoms with Crippen molar-refractivity contribution in [2.75, 3.05) is 18.5 Å². The average Bonchev–Trinajstić information content (AvgIpc) is 3.02. The first-order chi connectivity index (χ1) is 14.0. The monoisotopic (exact) mass is 394 g/mol. The third kappa shape index (κ3) is 3.16. The van der Waals surface area contributed by atoms with E-state index in [4.69, 9.17) is 9.47 Å². The number of fused-ring (bicyclic) bond motifs is 3. The van der Waals surface area contributed by atoms with Crippen LogP contribution in [0.25, 0.3) is 0 Å². The number of aromatic hydroxyl groups is 1. The Hall–Kier alpha value is -3.22. The van der Waals surface area contributed by atoms with E-state index < -0.39 is 0 Å². The normalized spacial score (nSPS) is 22.7. The summed E-state index contributed by atoms with van der Waals surface area (Å²) in [5.41, 5.74) is 2.95. The van der Waals surface area contributed by atoms with Gasteiger partial charge in [-0.1, -0.05) is 6.07 Å². The maximum absolute atomic E-state index is 13.1. The van der Waals surface area contributed by atoms with E-state index in [2.05, 4.69) is 5.32 Å². The summed E-state index contributed by atoms with van der Waals surface area (Å²) in [4.78, 5) is 26.4. The van der Waals surface area contributed by atoms with E-state index in [-0.39, 0.29) is 35.3 Å². The fourth-order valence-electron chi connectivity index (χ4n) is 4.38. The van der Waals surface area contributed by atoms with Crippen molar-refractivity contribution in [1.29, 1.82) is 0 Å². The van der Waals surface area contributed by atoms with Gasteiger partial charge in [0.25, 0.3) is 5.91 Å². The van der Waals surface area contributed by atoms with E-state index in [1.807, 2.05) is 25.1 Å². The highest BCUT2D eigenvalue weighted by Crippen LogP contribution is 2.37. The first-order valence-electron chi connectivity index (χ1n) is 9.85. The SMILES string of the molecule is Cc1cc(O)c2c(c1)OC[C@H]1C[C@H](Oc3ccc4c(c3)NC(=O)CC4)CN1C2=O. The van der Waals surface area contributed by atoms with Gasteiger partial charge in [-0.3, -0.25) is 9.59 Å². The second-order valence-electron chi connectivity index (χ2n) is 7.92. The van der Waals surface area contributed by atoms with Crippen LogP contribution in [0.4, 0.5) is 5.69 Å². The highest BCUT2D eigenvalue weighted by Gasteiger charge is 2.41. The number of nitrogens with one attached hydrogen (secondary N) is 1. The fraction of sp³-hybridized carbons (Fsp3) is 0.364. The van der Waals surface area contributed by atoms with Gasteiger partial charge in [-0.25, -0.2) is 0 Å². The standard InChI is InChI=1S/C22H22N2O5/c1-12-6-18(25)21-19(7-12)28-11-14-8-16(10-24(14)22(21)27)29-15-4-2-13-3-5-20(26)23-17(13)9-15/h2,4,6-7,9,14,16,25H,3,5,8,10-11H2,1H3,(H,23,26)/t14-,16+/m1/s1. The van der Waals surface area contributed by atoms with E-state index in [1.165, 1.54) is 0 Å². The summed E-state index contributed by atoms with van der Waals surface area (Å²) in [6.07, 6.45) is 1.69. The van der Waals surface area contributed by atoms with Crippen LogP contribution < -0.4 is 14.8 Å². The molecule has 2 aromatic rings. The van der Waals surface area contributed by atoms with Crippen molar-refractivity contribution in [3.63, 3.8) is 0 Å². The lowest BCUT2D eigenvalue weighted by molar-refractivity contribution is -0.116. The van der Waals surface area contributed by atoms with E-state index in [1.54, 1.807) is 17.0 Å². The van der Waals surface area contributed by atoms with Crippen LogP contribution >= 0.6 is 0 Å². The maximum Gasteiger partial charge on any atom is 0.261 e. The van der Waals surface area contributed by atoms with Gasteiger partial charge in [-0.05, 0) is 42.7 Å². The molecule has 2 atom stereocenters. The molecule has 7 nitrogen and oxygen atoms in total. The number of benzene rings is 2. The number of hydrogen-bond donors (Lipinski definition) is 2. The molecule has 0 aliphatic carbocycles. The molecule has 3 aliphatic rings. The Kier molecular flexibility index (Phi) is 4.12. The second-order valence-corrected chi connectivity index (χ2v) is 7.92. The summed E-state index contributed by atoms with van der Waals surface area (Å²) in [5.74, 6) is 0.829. The first kappa shape index (κ1) is 17.8. The molecule has 2 aromatic carbocycles. The molecule has 2 amide bonds. The lowest BCUT2D eigenvalue weighted by Gasteiger charge is -2.21. The van der Waals surface area contributed by atoms with Gasteiger partial charge in [-0.2, -0.15) is 0 Å². The second kappa shape index (κ2) is 6.69. The third-order valence-electron chi connectivity index (χ3n) is 5.79. The van der Waals surface area contributed by atoms with Gasteiger partial charge in [0.1, 0.15) is 35.5 Å². The molecule has 0 bridgehead atoms. The molecule has 3 heterocycles. The Morgan fingerprint density at radius 3 is 2.93 bits per heavy atom. The Morgan fingerprint density at radius 1 is 1.21 bits per heavy atom. The van der Waals surface area contributed by atoms with Crippen molar-refractivity contribution in [3.8, 4) is 17.2 Å². The predicted octanol–water partition coefficient (Wildman–Crippen LogP) is 2.64. The summed E-state index contributed by atoms with van der Waals surface area (Å²) < 4.78 is 12.0. The van der Waals surface area contributed by atoms with Crippen LogP contribution in [0.3, 0.4) is 0 Å². The highest BCUT2D eigenvalue weighted by molar-refractivity contribution is 6.00. The van der Waals surface area contributed by atoms with Gasteiger partial charge in [0.05, 0.1) is 12.6 Å². The molecule has 3 aliphatic heterocycles. The number of phenols is 1. The van der Waals surface area contributed by atoms with Gasteiger partial charge in [0.15, 0.2) is 0 Å². The van der Waals surface area contributed by atoms with Crippen molar-refractivity contribution in [3.05, 3.63) is 47.0 Å². The van der Waals surface area contributed by atoms with Gasteiger partial charge < -0.3 is 24.8 Å². The van der Waals surface area contributed by atoms with Crippen LogP contribution in [0.15, 0.2) is 30.3 Å². The average molecular weight is 394 g/mol. The predicted molar refractivity (Wildman–Crippen MR) is 106 cm³/mol. The molecule has 29 heavy (non-hydrogen) atoms. The number of ether oxygens (including phenoxy) is 2. The highest BCUT2D eigenvalue weighted by atomic mass is 16.5. The van der Waals surface area contributed by atoms with Crippen LogP contribution in [0.2, 0.25) is 0 Å². The lowest BCUT2D eigenvalue weighted by atomic mass is 10.0. The molecule has 0 unspecified atom stereocenters. The van der Waals surface area contributed by atoms with Crippen LogP contribution in [0.5, 0.6) is 17.2 Å². The van der Waals surface area contributed by atoms with Crippen molar-refractivity contribution < 1.29 is 24.2 Å². The molecule has 0 aromatic heterocycles. The van der Waals surface area contributed by atoms with Crippen molar-refractivity contribution in [2.24, 2.45) is 0 Å². The molecule has 5 rings (SSSR count). The number of nitrogens with zero attached hydrogens (tertiary/aromatic N) is 1. The molecule has 2 N–H and O–H groups in total. The topological polar surface area (TPSA) is 88.1 Å². The number of carbonyl (C=O) groups excluding carboxylic acids is 2. The minimum atomic E-state index is -0.233. The smallest absolute Gasteiger partial charge is 0.261 e. The van der Waals surface area contributed by atoms with Crippen LogP contribution in [-0.2, 0) is 11.2 Å². The number of anilines is 1. The number of amides is 2. The molecule has 150 valence electrons. The molecule has 1 fully saturated rings. The quantitative estimate of drug-likeness (QED) is 0.818. The Balaban J connectivity index is 1.35. The zero-order valence-electron chi connectivity index (χ0n) is 16.1. The van der Waals surface area contributed by atoms with Crippen molar-refractivity contribution in [1.82, 2.24) is 4.90 Å². The Bertz CT molecular complexity index is 1020. The van der Waals surface area contributed by atoms with E-state index in [0.717, 1.165) is 23.2 Å². The number of phenolic OH excluding ortho intramolecular Hbond substituents is 1. The van der Waals surface area contributed by atoms with Crippen LogP contribution in [0, 0.1) is 6.92 Å². The van der Waals surface area contributed by atoms with Crippen LogP contribution in [-0.4, -0.2) is 47.1 Å². The zero-order chi connectivity index (χ0) is 20.1. The largest absolute Gasteiger partial charge is 0.507 e. The summed E-state index contributed by atoms with van der Waals surface area (Å²) in [7, 11) is 0. The summed E-state index contributed by atoms with van der Waals surface area (Å²) >= 11 is 0. The van der Waals surface area contributed by atoms with Gasteiger partial charge in [0.2, 0.25) is 5.91 Å². The Morgan fingerprint density at radius 2 is 2.07 bits per heavy atom. The van der Waals surface area contributed by atoms with E-state index in [9.17, 15) is 14.7 Å². The minimum absolute atomic E-state index is 0.0142. The zero-order valence-corrected chi connectivity index (χ0v) is 16.1. The van der Waals surface area contributed by atoms with E-state index in [0.29, 0.717) is 37.5 Å². The summed E-state index contributed by atoms with van der Waals surface area (Å²) in [6.45, 7) is 2.63. The maximum atomic E-state index is 13.1. The number of aryl methyl sites for hydroxylation is 2. The molecule has 0 saturated carbocycles. The van der Waals surface area contributed by atoms with E-state index >= 15 is 0 Å². The van der Waals surface area contributed by atoms with Gasteiger partial charge in [-0.15, -0.1) is 0 Å². The van der Waals surface area contributed by atoms with Gasteiger partial charge >= 0.3 is 0 Å². The molecule has 0 radical (unpaired) electrons. The van der Waals surface area contributed by atoms with Crippen molar-refractivity contribution in [2.45, 2.75) is 38.3 Å². The third-order valence-corrected chi connectivity index (χ3v) is 5.79. The molecule has 0 spiro atoms. The fourth-order valence-corrected chi connectivity index (χ4v) is 4.38. The first-order valence-corrected chi connectivity index (χ1v) is 9.85. The van der Waals surface area contributed by atoms with Gasteiger partial charge in [0, 0.05) is 24.6 Å². The molecular weight excluding hydrogens is 372 g/mol. The molecule has 7 heteroatoms. The lowest BCUT2D eigenvalue weighted by Crippen LogP contribution is -2.37. The number of carbonyl (C=O) groups is 2. The minimum Gasteiger partial charge on any atom is -0.507 e. The summed E-state index contributed by atoms with van der Waals surface area (Å²) in [5, 5.41) is 13.2. The van der Waals surface area contributed by atoms with Crippen molar-refractivity contribution >= 4 is 17.5 Å². The Labute approximate surface area is 168 Å². The van der Waals surface area contributed by atoms with Crippen LogP contribution in [0.1, 0.15) is 34.3 Å². The molecule has 1 saturated heterocycles.